The van der Waals surface area contributed by atoms with Gasteiger partial charge in [-0.3, -0.25) is 0 Å². The van der Waals surface area contributed by atoms with Crippen LogP contribution in [0.1, 0.15) is 24.0 Å². The zero-order chi connectivity index (χ0) is 11.8. The predicted molar refractivity (Wildman–Crippen MR) is 72.2 cm³/mol. The molecule has 1 nitrogen and oxygen atoms in total. The summed E-state index contributed by atoms with van der Waals surface area (Å²) in [7, 11) is 1.77. The molecule has 1 atom stereocenters. The van der Waals surface area contributed by atoms with Gasteiger partial charge in [-0.2, -0.15) is 0 Å². The van der Waals surface area contributed by atoms with E-state index >= 15 is 0 Å². The van der Waals surface area contributed by atoms with Crippen LogP contribution in [-0.4, -0.2) is 13.7 Å². The summed E-state index contributed by atoms with van der Waals surface area (Å²) in [5.41, 5.74) is 4.18. The van der Waals surface area contributed by atoms with Crippen LogP contribution in [0.25, 0.3) is 16.8 Å². The minimum atomic E-state index is 0.430. The highest BCUT2D eigenvalue weighted by atomic mass is 16.5. The van der Waals surface area contributed by atoms with Crippen molar-refractivity contribution in [2.45, 2.75) is 12.8 Å². The van der Waals surface area contributed by atoms with Crippen molar-refractivity contribution in [2.75, 3.05) is 13.7 Å². The van der Waals surface area contributed by atoms with Crippen LogP contribution in [0, 0.1) is 0 Å². The lowest BCUT2D eigenvalue weighted by molar-refractivity contribution is 0.189. The zero-order valence-corrected chi connectivity index (χ0v) is 10.2. The summed E-state index contributed by atoms with van der Waals surface area (Å²) in [4.78, 5) is 0. The van der Waals surface area contributed by atoms with E-state index in [-0.39, 0.29) is 0 Å². The number of ether oxygens (including phenoxy) is 1. The summed E-state index contributed by atoms with van der Waals surface area (Å²) in [6.07, 6.45) is 2.31. The highest BCUT2D eigenvalue weighted by molar-refractivity contribution is 5.94. The minimum absolute atomic E-state index is 0.430. The van der Waals surface area contributed by atoms with Gasteiger partial charge in [-0.25, -0.2) is 0 Å². The molecule has 0 spiro atoms. The molecule has 3 rings (SSSR count). The van der Waals surface area contributed by atoms with Crippen molar-refractivity contribution in [1.82, 2.24) is 0 Å². The average molecular weight is 224 g/mol. The van der Waals surface area contributed by atoms with E-state index in [0.29, 0.717) is 5.92 Å². The third-order valence-electron chi connectivity index (χ3n) is 3.63. The molecule has 1 heteroatoms. The van der Waals surface area contributed by atoms with Crippen molar-refractivity contribution in [3.05, 3.63) is 53.1 Å². The first-order valence-electron chi connectivity index (χ1n) is 6.00. The van der Waals surface area contributed by atoms with E-state index < -0.39 is 0 Å². The van der Waals surface area contributed by atoms with Crippen LogP contribution in [0.4, 0.5) is 0 Å². The standard InChI is InChI=1S/C16H16O/c1-11-9-15-13-6-4-3-5-12(13)7-8-14(15)16(11)10-17-2/h3-9,16H,10H2,1-2H3. The van der Waals surface area contributed by atoms with Crippen molar-refractivity contribution in [1.29, 1.82) is 0 Å². The highest BCUT2D eigenvalue weighted by Gasteiger charge is 2.23. The molecule has 0 aromatic heterocycles. The molecule has 0 N–H and O–H groups in total. The number of rotatable bonds is 2. The summed E-state index contributed by atoms with van der Waals surface area (Å²) < 4.78 is 5.32. The van der Waals surface area contributed by atoms with Crippen LogP contribution in [0.2, 0.25) is 0 Å². The molecule has 86 valence electrons. The Morgan fingerprint density at radius 1 is 1.12 bits per heavy atom. The first-order chi connectivity index (χ1) is 8.31. The van der Waals surface area contributed by atoms with E-state index in [1.54, 1.807) is 7.11 Å². The van der Waals surface area contributed by atoms with Gasteiger partial charge in [0.15, 0.2) is 0 Å². The molecule has 1 unspecified atom stereocenters. The lowest BCUT2D eigenvalue weighted by Crippen LogP contribution is -2.04. The summed E-state index contributed by atoms with van der Waals surface area (Å²) in [5.74, 6) is 0.430. The normalized spacial score (nSPS) is 18.2. The SMILES string of the molecule is COCC1C(C)=Cc2c1ccc1ccccc21. The number of hydrogen-bond acceptors (Lipinski definition) is 1. The Morgan fingerprint density at radius 3 is 2.76 bits per heavy atom. The Morgan fingerprint density at radius 2 is 1.94 bits per heavy atom. The minimum Gasteiger partial charge on any atom is -0.384 e. The van der Waals surface area contributed by atoms with Gasteiger partial charge in [0.05, 0.1) is 6.61 Å². The van der Waals surface area contributed by atoms with Gasteiger partial charge in [0, 0.05) is 13.0 Å². The van der Waals surface area contributed by atoms with E-state index in [1.807, 2.05) is 0 Å². The van der Waals surface area contributed by atoms with Crippen LogP contribution in [0.15, 0.2) is 42.0 Å². The Labute approximate surface area is 102 Å². The van der Waals surface area contributed by atoms with Gasteiger partial charge in [0.1, 0.15) is 0 Å². The third kappa shape index (κ3) is 1.58. The predicted octanol–water partition coefficient (Wildman–Crippen LogP) is 3.99. The van der Waals surface area contributed by atoms with E-state index in [0.717, 1.165) is 6.61 Å². The molecule has 0 aliphatic heterocycles. The molecule has 0 radical (unpaired) electrons. The van der Waals surface area contributed by atoms with Crippen molar-refractivity contribution >= 4 is 16.8 Å². The molecule has 0 fully saturated rings. The molecule has 2 aromatic carbocycles. The molecule has 0 saturated heterocycles. The molecule has 0 bridgehead atoms. The molecule has 0 amide bonds. The molecule has 0 saturated carbocycles. The summed E-state index contributed by atoms with van der Waals surface area (Å²) in [6.45, 7) is 2.96. The topological polar surface area (TPSA) is 9.23 Å². The molecule has 1 aliphatic carbocycles. The van der Waals surface area contributed by atoms with Crippen molar-refractivity contribution in [2.24, 2.45) is 0 Å². The first-order valence-corrected chi connectivity index (χ1v) is 6.00. The molecular formula is C16H16O. The Balaban J connectivity index is 2.23. The summed E-state index contributed by atoms with van der Waals surface area (Å²) in [5, 5.41) is 2.66. The molecule has 1 aliphatic rings. The van der Waals surface area contributed by atoms with Crippen LogP contribution in [-0.2, 0) is 4.74 Å². The van der Waals surface area contributed by atoms with E-state index in [2.05, 4.69) is 49.4 Å². The van der Waals surface area contributed by atoms with Crippen molar-refractivity contribution < 1.29 is 4.74 Å². The number of methoxy groups -OCH3 is 1. The smallest absolute Gasteiger partial charge is 0.0568 e. The molecule has 0 heterocycles. The van der Waals surface area contributed by atoms with Gasteiger partial charge >= 0.3 is 0 Å². The fraction of sp³-hybridized carbons (Fsp3) is 0.250. The van der Waals surface area contributed by atoms with Crippen molar-refractivity contribution in [3.8, 4) is 0 Å². The number of benzene rings is 2. The van der Waals surface area contributed by atoms with Crippen LogP contribution >= 0.6 is 0 Å². The molecule has 2 aromatic rings. The number of hydrogen-bond donors (Lipinski definition) is 0. The van der Waals surface area contributed by atoms with Gasteiger partial charge in [0.2, 0.25) is 0 Å². The van der Waals surface area contributed by atoms with Gasteiger partial charge in [-0.05, 0) is 28.8 Å². The highest BCUT2D eigenvalue weighted by Crippen LogP contribution is 2.39. The first kappa shape index (κ1) is 10.5. The molecular weight excluding hydrogens is 208 g/mol. The average Bonchev–Trinajstić information content (AvgIpc) is 2.67. The number of fused-ring (bicyclic) bond motifs is 3. The fourth-order valence-corrected chi connectivity index (χ4v) is 2.74. The Hall–Kier alpha value is -1.60. The lowest BCUT2D eigenvalue weighted by Gasteiger charge is -2.13. The maximum absolute atomic E-state index is 5.32. The zero-order valence-electron chi connectivity index (χ0n) is 10.2. The second-order valence-corrected chi connectivity index (χ2v) is 4.69. The van der Waals surface area contributed by atoms with E-state index in [9.17, 15) is 0 Å². The van der Waals surface area contributed by atoms with Crippen LogP contribution in [0.5, 0.6) is 0 Å². The second kappa shape index (κ2) is 4.01. The van der Waals surface area contributed by atoms with Crippen molar-refractivity contribution in [3.63, 3.8) is 0 Å². The largest absolute Gasteiger partial charge is 0.384 e. The summed E-state index contributed by atoms with van der Waals surface area (Å²) in [6, 6.07) is 13.0. The lowest BCUT2D eigenvalue weighted by atomic mass is 9.94. The fourth-order valence-electron chi connectivity index (χ4n) is 2.74. The Kier molecular flexibility index (Phi) is 2.49. The van der Waals surface area contributed by atoms with Gasteiger partial charge in [0.25, 0.3) is 0 Å². The van der Waals surface area contributed by atoms with E-state index in [4.69, 9.17) is 4.74 Å². The quantitative estimate of drug-likeness (QED) is 0.749. The van der Waals surface area contributed by atoms with Gasteiger partial charge < -0.3 is 4.74 Å². The molecule has 17 heavy (non-hydrogen) atoms. The third-order valence-corrected chi connectivity index (χ3v) is 3.63. The monoisotopic (exact) mass is 224 g/mol. The van der Waals surface area contributed by atoms with Gasteiger partial charge in [-0.1, -0.05) is 48.0 Å². The summed E-state index contributed by atoms with van der Waals surface area (Å²) >= 11 is 0. The van der Waals surface area contributed by atoms with Crippen LogP contribution < -0.4 is 0 Å². The van der Waals surface area contributed by atoms with Crippen LogP contribution in [0.3, 0.4) is 0 Å². The Bertz CT molecular complexity index is 595. The van der Waals surface area contributed by atoms with Gasteiger partial charge in [-0.15, -0.1) is 0 Å². The maximum atomic E-state index is 5.32. The maximum Gasteiger partial charge on any atom is 0.0568 e. The second-order valence-electron chi connectivity index (χ2n) is 4.69. The van der Waals surface area contributed by atoms with E-state index in [1.165, 1.54) is 27.5 Å².